The van der Waals surface area contributed by atoms with E-state index < -0.39 is 11.9 Å². The molecule has 4 amide bonds. The first-order valence-electron chi connectivity index (χ1n) is 5.17. The molecule has 0 spiro atoms. The number of hydrogen-bond donors (Lipinski definition) is 4. The second-order valence-electron chi connectivity index (χ2n) is 3.65. The minimum atomic E-state index is -0.867. The summed E-state index contributed by atoms with van der Waals surface area (Å²) in [6.07, 6.45) is 1.94. The van der Waals surface area contributed by atoms with Crippen LogP contribution in [0.15, 0.2) is 0 Å². The van der Waals surface area contributed by atoms with Gasteiger partial charge in [0.1, 0.15) is 0 Å². The standard InChI is InChI=1S/C9H16N4O3/c10-9(16)13-7(14)5-11-3-4-12-8(15)6-1-2-6/h6,11H,1-5H2,(H,12,15)(H3,10,13,14,16). The van der Waals surface area contributed by atoms with E-state index in [9.17, 15) is 14.4 Å². The summed E-state index contributed by atoms with van der Waals surface area (Å²) in [6.45, 7) is 0.950. The molecule has 1 rings (SSSR count). The highest BCUT2D eigenvalue weighted by Gasteiger charge is 2.28. The first-order valence-corrected chi connectivity index (χ1v) is 5.17. The van der Waals surface area contributed by atoms with Crippen molar-refractivity contribution < 1.29 is 14.4 Å². The van der Waals surface area contributed by atoms with E-state index in [1.165, 1.54) is 0 Å². The van der Waals surface area contributed by atoms with Gasteiger partial charge in [0.2, 0.25) is 11.8 Å². The zero-order valence-corrected chi connectivity index (χ0v) is 8.91. The van der Waals surface area contributed by atoms with Crippen molar-refractivity contribution in [2.75, 3.05) is 19.6 Å². The average molecular weight is 228 g/mol. The maximum Gasteiger partial charge on any atom is 0.318 e. The molecule has 7 heteroatoms. The number of carbonyl (C=O) groups excluding carboxylic acids is 3. The third kappa shape index (κ3) is 5.30. The monoisotopic (exact) mass is 228 g/mol. The lowest BCUT2D eigenvalue weighted by Crippen LogP contribution is -2.42. The fraction of sp³-hybridized carbons (Fsp3) is 0.667. The third-order valence-electron chi connectivity index (χ3n) is 2.10. The summed E-state index contributed by atoms with van der Waals surface area (Å²) < 4.78 is 0. The summed E-state index contributed by atoms with van der Waals surface area (Å²) in [4.78, 5) is 32.4. The van der Waals surface area contributed by atoms with E-state index in [-0.39, 0.29) is 18.4 Å². The number of nitrogens with one attached hydrogen (secondary N) is 3. The molecule has 0 aromatic carbocycles. The van der Waals surface area contributed by atoms with E-state index in [4.69, 9.17) is 5.73 Å². The molecule has 1 aliphatic carbocycles. The molecule has 0 radical (unpaired) electrons. The van der Waals surface area contributed by atoms with Crippen LogP contribution in [0.25, 0.3) is 0 Å². The first kappa shape index (κ1) is 12.4. The summed E-state index contributed by atoms with van der Waals surface area (Å²) in [6, 6.07) is -0.867. The minimum absolute atomic E-state index is 0.00222. The van der Waals surface area contributed by atoms with E-state index in [0.717, 1.165) is 12.8 Å². The smallest absolute Gasteiger partial charge is 0.318 e. The zero-order chi connectivity index (χ0) is 12.0. The SMILES string of the molecule is NC(=O)NC(=O)CNCCNC(=O)C1CC1. The number of amides is 4. The molecule has 0 heterocycles. The summed E-state index contributed by atoms with van der Waals surface area (Å²) >= 11 is 0. The van der Waals surface area contributed by atoms with Crippen LogP contribution in [0.1, 0.15) is 12.8 Å². The van der Waals surface area contributed by atoms with Gasteiger partial charge in [-0.1, -0.05) is 0 Å². The van der Waals surface area contributed by atoms with Crippen molar-refractivity contribution in [2.45, 2.75) is 12.8 Å². The van der Waals surface area contributed by atoms with Crippen molar-refractivity contribution in [3.8, 4) is 0 Å². The Labute approximate surface area is 93.1 Å². The topological polar surface area (TPSA) is 113 Å². The lowest BCUT2D eigenvalue weighted by Gasteiger charge is -2.05. The number of imide groups is 1. The molecule has 1 saturated carbocycles. The van der Waals surface area contributed by atoms with Gasteiger partial charge in [-0.2, -0.15) is 0 Å². The Balaban J connectivity index is 1.92. The van der Waals surface area contributed by atoms with Gasteiger partial charge in [-0.25, -0.2) is 4.79 Å². The predicted octanol–water partition coefficient (Wildman–Crippen LogP) is -1.70. The highest BCUT2D eigenvalue weighted by Crippen LogP contribution is 2.28. The second kappa shape index (κ2) is 6.06. The van der Waals surface area contributed by atoms with Gasteiger partial charge in [0, 0.05) is 19.0 Å². The number of rotatable bonds is 6. The summed E-state index contributed by atoms with van der Waals surface area (Å²) in [5.74, 6) is -0.220. The largest absolute Gasteiger partial charge is 0.355 e. The normalized spacial score (nSPS) is 14.2. The summed E-state index contributed by atoms with van der Waals surface area (Å²) in [5, 5.41) is 7.43. The molecule has 5 N–H and O–H groups in total. The van der Waals surface area contributed by atoms with Crippen molar-refractivity contribution in [2.24, 2.45) is 11.7 Å². The molecule has 1 fully saturated rings. The van der Waals surface area contributed by atoms with E-state index >= 15 is 0 Å². The molecule has 16 heavy (non-hydrogen) atoms. The molecule has 0 saturated heterocycles. The molecule has 0 bridgehead atoms. The van der Waals surface area contributed by atoms with Crippen molar-refractivity contribution in [1.29, 1.82) is 0 Å². The number of nitrogens with two attached hydrogens (primary N) is 1. The van der Waals surface area contributed by atoms with Crippen LogP contribution >= 0.6 is 0 Å². The van der Waals surface area contributed by atoms with Gasteiger partial charge in [0.25, 0.3) is 0 Å². The molecule has 0 unspecified atom stereocenters. The molecule has 1 aliphatic rings. The fourth-order valence-corrected chi connectivity index (χ4v) is 1.15. The number of primary amides is 1. The third-order valence-corrected chi connectivity index (χ3v) is 2.10. The van der Waals surface area contributed by atoms with E-state index in [0.29, 0.717) is 13.1 Å². The van der Waals surface area contributed by atoms with Gasteiger partial charge in [-0.15, -0.1) is 0 Å². The van der Waals surface area contributed by atoms with Crippen LogP contribution in [0, 0.1) is 5.92 Å². The Bertz CT molecular complexity index is 288. The molecule has 7 nitrogen and oxygen atoms in total. The predicted molar refractivity (Wildman–Crippen MR) is 56.3 cm³/mol. The Morgan fingerprint density at radius 2 is 1.88 bits per heavy atom. The lowest BCUT2D eigenvalue weighted by molar-refractivity contribution is -0.122. The molecular weight excluding hydrogens is 212 g/mol. The Hall–Kier alpha value is -1.63. The number of hydrogen-bond acceptors (Lipinski definition) is 4. The molecule has 0 aromatic rings. The van der Waals surface area contributed by atoms with Gasteiger partial charge >= 0.3 is 6.03 Å². The first-order chi connectivity index (χ1) is 7.59. The highest BCUT2D eigenvalue weighted by atomic mass is 16.2. The van der Waals surface area contributed by atoms with Crippen LogP contribution in [0.2, 0.25) is 0 Å². The average Bonchev–Trinajstić information content (AvgIpc) is 2.98. The van der Waals surface area contributed by atoms with Crippen molar-refractivity contribution in [3.05, 3.63) is 0 Å². The van der Waals surface area contributed by atoms with Crippen LogP contribution in [-0.4, -0.2) is 37.5 Å². The van der Waals surface area contributed by atoms with Gasteiger partial charge in [0.05, 0.1) is 6.54 Å². The van der Waals surface area contributed by atoms with Gasteiger partial charge in [-0.05, 0) is 12.8 Å². The summed E-state index contributed by atoms with van der Waals surface area (Å²) in [5.41, 5.74) is 4.75. The van der Waals surface area contributed by atoms with Gasteiger partial charge in [0.15, 0.2) is 0 Å². The Morgan fingerprint density at radius 1 is 1.19 bits per heavy atom. The molecule has 0 aromatic heterocycles. The maximum absolute atomic E-state index is 11.2. The quantitative estimate of drug-likeness (QED) is 0.406. The van der Waals surface area contributed by atoms with E-state index in [1.54, 1.807) is 0 Å². The maximum atomic E-state index is 11.2. The highest BCUT2D eigenvalue weighted by molar-refractivity contribution is 5.94. The van der Waals surface area contributed by atoms with Gasteiger partial charge < -0.3 is 16.4 Å². The molecule has 0 atom stereocenters. The Kier molecular flexibility index (Phi) is 4.71. The van der Waals surface area contributed by atoms with Crippen LogP contribution in [-0.2, 0) is 9.59 Å². The molecular formula is C9H16N4O3. The summed E-state index contributed by atoms with van der Waals surface area (Å²) in [7, 11) is 0. The lowest BCUT2D eigenvalue weighted by atomic mass is 10.4. The fourth-order valence-electron chi connectivity index (χ4n) is 1.15. The minimum Gasteiger partial charge on any atom is -0.355 e. The van der Waals surface area contributed by atoms with Crippen molar-refractivity contribution in [1.82, 2.24) is 16.0 Å². The number of carbonyl (C=O) groups is 3. The van der Waals surface area contributed by atoms with Crippen molar-refractivity contribution in [3.63, 3.8) is 0 Å². The van der Waals surface area contributed by atoms with Crippen molar-refractivity contribution >= 4 is 17.8 Å². The van der Waals surface area contributed by atoms with Crippen LogP contribution < -0.4 is 21.7 Å². The Morgan fingerprint density at radius 3 is 2.44 bits per heavy atom. The van der Waals surface area contributed by atoms with E-state index in [2.05, 4.69) is 10.6 Å². The zero-order valence-electron chi connectivity index (χ0n) is 8.91. The van der Waals surface area contributed by atoms with Crippen LogP contribution in [0.5, 0.6) is 0 Å². The van der Waals surface area contributed by atoms with Gasteiger partial charge in [-0.3, -0.25) is 14.9 Å². The number of urea groups is 1. The second-order valence-corrected chi connectivity index (χ2v) is 3.65. The molecule has 90 valence electrons. The molecule has 0 aliphatic heterocycles. The van der Waals surface area contributed by atoms with Crippen LogP contribution in [0.3, 0.4) is 0 Å². The van der Waals surface area contributed by atoms with E-state index in [1.807, 2.05) is 5.32 Å². The van der Waals surface area contributed by atoms with Crippen LogP contribution in [0.4, 0.5) is 4.79 Å².